The molecule has 0 bridgehead atoms. The van der Waals surface area contributed by atoms with Gasteiger partial charge in [-0.05, 0) is 50.2 Å². The van der Waals surface area contributed by atoms with Crippen molar-refractivity contribution in [2.24, 2.45) is 0 Å². The van der Waals surface area contributed by atoms with Crippen LogP contribution in [-0.2, 0) is 0 Å². The number of pyridine rings is 1. The van der Waals surface area contributed by atoms with Crippen LogP contribution in [-0.4, -0.2) is 20.7 Å². The second kappa shape index (κ2) is 7.04. The fourth-order valence-corrected chi connectivity index (χ4v) is 2.82. The lowest BCUT2D eigenvalue weighted by atomic mass is 10.3. The van der Waals surface area contributed by atoms with E-state index in [4.69, 9.17) is 34.8 Å². The molecular formula is C17H13Cl3N4O. The van der Waals surface area contributed by atoms with Gasteiger partial charge in [-0.1, -0.05) is 34.8 Å². The lowest BCUT2D eigenvalue weighted by Crippen LogP contribution is -2.16. The molecule has 128 valence electrons. The molecular weight excluding hydrogens is 383 g/mol. The van der Waals surface area contributed by atoms with E-state index in [9.17, 15) is 4.79 Å². The Balaban J connectivity index is 1.93. The van der Waals surface area contributed by atoms with E-state index in [0.29, 0.717) is 21.6 Å². The lowest BCUT2D eigenvalue weighted by molar-refractivity contribution is 0.102. The number of carbonyl (C=O) groups excluding carboxylic acids is 1. The Morgan fingerprint density at radius 3 is 2.36 bits per heavy atom. The SMILES string of the molecule is Cc1cc(C)n(-c2ccc(Cl)c(C(=O)Nc3ccc(Cl)c(Cl)c3)n2)n1. The van der Waals surface area contributed by atoms with E-state index in [1.807, 2.05) is 19.9 Å². The van der Waals surface area contributed by atoms with E-state index in [1.54, 1.807) is 35.0 Å². The molecule has 1 N–H and O–H groups in total. The number of rotatable bonds is 3. The number of hydrogen-bond acceptors (Lipinski definition) is 3. The van der Waals surface area contributed by atoms with Gasteiger partial charge >= 0.3 is 0 Å². The summed E-state index contributed by atoms with van der Waals surface area (Å²) in [6.07, 6.45) is 0. The van der Waals surface area contributed by atoms with E-state index in [1.165, 1.54) is 0 Å². The van der Waals surface area contributed by atoms with Crippen molar-refractivity contribution in [2.75, 3.05) is 5.32 Å². The lowest BCUT2D eigenvalue weighted by Gasteiger charge is -2.09. The molecule has 8 heteroatoms. The fourth-order valence-electron chi connectivity index (χ4n) is 2.33. The topological polar surface area (TPSA) is 59.8 Å². The summed E-state index contributed by atoms with van der Waals surface area (Å²) in [5.74, 6) is 0.0565. The van der Waals surface area contributed by atoms with Crippen LogP contribution in [0.15, 0.2) is 36.4 Å². The molecule has 25 heavy (non-hydrogen) atoms. The number of hydrogen-bond donors (Lipinski definition) is 1. The Hall–Kier alpha value is -2.08. The molecule has 3 rings (SSSR count). The molecule has 1 amide bonds. The first kappa shape index (κ1) is 17.7. The molecule has 2 aromatic heterocycles. The maximum Gasteiger partial charge on any atom is 0.275 e. The average molecular weight is 396 g/mol. The second-order valence-electron chi connectivity index (χ2n) is 5.42. The van der Waals surface area contributed by atoms with Gasteiger partial charge in [0.25, 0.3) is 5.91 Å². The van der Waals surface area contributed by atoms with Crippen LogP contribution in [0.25, 0.3) is 5.82 Å². The summed E-state index contributed by atoms with van der Waals surface area (Å²) < 4.78 is 1.65. The van der Waals surface area contributed by atoms with Crippen molar-refractivity contribution in [3.63, 3.8) is 0 Å². The van der Waals surface area contributed by atoms with Gasteiger partial charge < -0.3 is 5.32 Å². The van der Waals surface area contributed by atoms with Gasteiger partial charge in [0.05, 0.1) is 20.8 Å². The number of nitrogens with zero attached hydrogens (tertiary/aromatic N) is 3. The minimum Gasteiger partial charge on any atom is -0.321 e. The average Bonchev–Trinajstić information content (AvgIpc) is 2.90. The van der Waals surface area contributed by atoms with Crippen LogP contribution in [0, 0.1) is 13.8 Å². The van der Waals surface area contributed by atoms with Crippen molar-refractivity contribution in [1.82, 2.24) is 14.8 Å². The van der Waals surface area contributed by atoms with Crippen molar-refractivity contribution in [1.29, 1.82) is 0 Å². The highest BCUT2D eigenvalue weighted by molar-refractivity contribution is 6.42. The van der Waals surface area contributed by atoms with Crippen LogP contribution in [0.2, 0.25) is 15.1 Å². The molecule has 2 heterocycles. The molecule has 0 aliphatic carbocycles. The minimum absolute atomic E-state index is 0.0952. The van der Waals surface area contributed by atoms with Crippen LogP contribution >= 0.6 is 34.8 Å². The van der Waals surface area contributed by atoms with Gasteiger partial charge in [0.15, 0.2) is 5.82 Å². The molecule has 5 nitrogen and oxygen atoms in total. The van der Waals surface area contributed by atoms with E-state index in [0.717, 1.165) is 11.4 Å². The van der Waals surface area contributed by atoms with Crippen molar-refractivity contribution < 1.29 is 4.79 Å². The highest BCUT2D eigenvalue weighted by atomic mass is 35.5. The van der Waals surface area contributed by atoms with Gasteiger partial charge in [-0.3, -0.25) is 4.79 Å². The van der Waals surface area contributed by atoms with Crippen LogP contribution < -0.4 is 5.32 Å². The summed E-state index contributed by atoms with van der Waals surface area (Å²) in [7, 11) is 0. The molecule has 0 saturated heterocycles. The van der Waals surface area contributed by atoms with Gasteiger partial charge in [0.1, 0.15) is 5.69 Å². The second-order valence-corrected chi connectivity index (χ2v) is 6.64. The Labute approximate surface area is 159 Å². The molecule has 0 aliphatic heterocycles. The van der Waals surface area contributed by atoms with E-state index >= 15 is 0 Å². The summed E-state index contributed by atoms with van der Waals surface area (Å²) in [5.41, 5.74) is 2.35. The third-order valence-electron chi connectivity index (χ3n) is 3.45. The monoisotopic (exact) mass is 394 g/mol. The minimum atomic E-state index is -0.452. The number of aromatic nitrogens is 3. The van der Waals surface area contributed by atoms with Crippen molar-refractivity contribution in [3.05, 3.63) is 68.5 Å². The Morgan fingerprint density at radius 2 is 1.72 bits per heavy atom. The number of amides is 1. The number of anilines is 1. The summed E-state index contributed by atoms with van der Waals surface area (Å²) in [4.78, 5) is 16.9. The maximum absolute atomic E-state index is 12.5. The summed E-state index contributed by atoms with van der Waals surface area (Å²) >= 11 is 18.0. The predicted octanol–water partition coefficient (Wildman–Crippen LogP) is 5.10. The Kier molecular flexibility index (Phi) is 4.99. The molecule has 0 aliphatic rings. The first-order valence-electron chi connectivity index (χ1n) is 7.32. The zero-order valence-electron chi connectivity index (χ0n) is 13.3. The molecule has 1 aromatic carbocycles. The molecule has 0 radical (unpaired) electrons. The molecule has 3 aromatic rings. The third-order valence-corrected chi connectivity index (χ3v) is 4.49. The van der Waals surface area contributed by atoms with Crippen LogP contribution in [0.4, 0.5) is 5.69 Å². The molecule has 0 atom stereocenters. The van der Waals surface area contributed by atoms with Gasteiger partial charge in [-0.25, -0.2) is 9.67 Å². The van der Waals surface area contributed by atoms with Gasteiger partial charge in [0, 0.05) is 11.4 Å². The first-order valence-corrected chi connectivity index (χ1v) is 8.45. The van der Waals surface area contributed by atoms with E-state index in [-0.39, 0.29) is 10.7 Å². The standard InChI is InChI=1S/C17H13Cl3N4O/c1-9-7-10(2)24(23-9)15-6-5-13(19)16(22-15)17(25)21-11-3-4-12(18)14(20)8-11/h3-8H,1-2H3,(H,21,25). The highest BCUT2D eigenvalue weighted by Crippen LogP contribution is 2.26. The van der Waals surface area contributed by atoms with Gasteiger partial charge in [-0.15, -0.1) is 0 Å². The van der Waals surface area contributed by atoms with Gasteiger partial charge in [0.2, 0.25) is 0 Å². The zero-order valence-corrected chi connectivity index (χ0v) is 15.6. The third kappa shape index (κ3) is 3.79. The number of aryl methyl sites for hydroxylation is 2. The summed E-state index contributed by atoms with van der Waals surface area (Å²) in [6, 6.07) is 10.0. The molecule has 0 spiro atoms. The largest absolute Gasteiger partial charge is 0.321 e. The van der Waals surface area contributed by atoms with Crippen LogP contribution in [0.3, 0.4) is 0 Å². The maximum atomic E-state index is 12.5. The molecule has 0 fully saturated rings. The Morgan fingerprint density at radius 1 is 1.00 bits per heavy atom. The van der Waals surface area contributed by atoms with E-state index < -0.39 is 5.91 Å². The molecule has 0 saturated carbocycles. The number of benzene rings is 1. The normalized spacial score (nSPS) is 10.8. The quantitative estimate of drug-likeness (QED) is 0.671. The highest BCUT2D eigenvalue weighted by Gasteiger charge is 2.16. The van der Waals surface area contributed by atoms with Crippen LogP contribution in [0.1, 0.15) is 21.9 Å². The smallest absolute Gasteiger partial charge is 0.275 e. The van der Waals surface area contributed by atoms with Crippen molar-refractivity contribution in [2.45, 2.75) is 13.8 Å². The molecule has 0 unspecified atom stereocenters. The van der Waals surface area contributed by atoms with Gasteiger partial charge in [-0.2, -0.15) is 5.10 Å². The van der Waals surface area contributed by atoms with Crippen molar-refractivity contribution >= 4 is 46.4 Å². The predicted molar refractivity (Wildman–Crippen MR) is 100 cm³/mol. The van der Waals surface area contributed by atoms with E-state index in [2.05, 4.69) is 15.4 Å². The number of nitrogens with one attached hydrogen (secondary N) is 1. The summed E-state index contributed by atoms with van der Waals surface area (Å²) in [5, 5.41) is 8.06. The van der Waals surface area contributed by atoms with Crippen molar-refractivity contribution in [3.8, 4) is 5.82 Å². The number of halogens is 3. The Bertz CT molecular complexity index is 969. The fraction of sp³-hybridized carbons (Fsp3) is 0.118. The summed E-state index contributed by atoms with van der Waals surface area (Å²) in [6.45, 7) is 3.79. The first-order chi connectivity index (χ1) is 11.8. The van der Waals surface area contributed by atoms with Crippen LogP contribution in [0.5, 0.6) is 0 Å². The zero-order chi connectivity index (χ0) is 18.1. The number of carbonyl (C=O) groups is 1.